The Bertz CT molecular complexity index is 727. The molecule has 0 N–H and O–H groups in total. The van der Waals surface area contributed by atoms with Crippen LogP contribution in [0, 0.1) is 23.7 Å². The van der Waals surface area contributed by atoms with Crippen LogP contribution in [0.1, 0.15) is 39.5 Å². The molecule has 5 nitrogen and oxygen atoms in total. The van der Waals surface area contributed by atoms with Crippen molar-refractivity contribution in [1.82, 2.24) is 0 Å². The van der Waals surface area contributed by atoms with Crippen LogP contribution in [0.15, 0.2) is 35.2 Å². The van der Waals surface area contributed by atoms with E-state index in [0.717, 1.165) is 30.6 Å². The predicted octanol–water partition coefficient (Wildman–Crippen LogP) is 4.17. The summed E-state index contributed by atoms with van der Waals surface area (Å²) in [7, 11) is 0. The van der Waals surface area contributed by atoms with Crippen LogP contribution in [0.5, 0.6) is 0 Å². The number of carbonyl (C=O) groups excluding carboxylic acids is 1. The summed E-state index contributed by atoms with van der Waals surface area (Å²) in [4.78, 5) is 26.0. The Morgan fingerprint density at radius 3 is 2.74 bits per heavy atom. The lowest BCUT2D eigenvalue weighted by atomic mass is 9.58. The Balaban J connectivity index is 1.47. The minimum Gasteiger partial charge on any atom is -0.432 e. The Morgan fingerprint density at radius 1 is 1.11 bits per heavy atom. The van der Waals surface area contributed by atoms with Crippen LogP contribution in [0.3, 0.4) is 0 Å². The van der Waals surface area contributed by atoms with Gasteiger partial charge >= 0.3 is 5.97 Å². The third-order valence-corrected chi connectivity index (χ3v) is 8.09. The number of esters is 1. The highest BCUT2D eigenvalue weighted by molar-refractivity contribution is 7.99. The molecule has 1 unspecified atom stereocenters. The zero-order valence-electron chi connectivity index (χ0n) is 15.8. The van der Waals surface area contributed by atoms with E-state index in [1.54, 1.807) is 11.8 Å². The van der Waals surface area contributed by atoms with Gasteiger partial charge in [-0.2, -0.15) is 0 Å². The summed E-state index contributed by atoms with van der Waals surface area (Å²) < 4.78 is 12.0. The average Bonchev–Trinajstić information content (AvgIpc) is 2.89. The second kappa shape index (κ2) is 6.48. The molecule has 1 saturated carbocycles. The third-order valence-electron chi connectivity index (χ3n) is 6.96. The van der Waals surface area contributed by atoms with Gasteiger partial charge in [0.1, 0.15) is 0 Å². The van der Waals surface area contributed by atoms with Crippen molar-refractivity contribution in [3.05, 3.63) is 30.3 Å². The summed E-state index contributed by atoms with van der Waals surface area (Å²) in [6, 6.07) is 10.2. The lowest BCUT2D eigenvalue weighted by molar-refractivity contribution is -0.559. The van der Waals surface area contributed by atoms with E-state index in [0.29, 0.717) is 11.7 Å². The van der Waals surface area contributed by atoms with Gasteiger partial charge in [0, 0.05) is 28.9 Å². The summed E-state index contributed by atoms with van der Waals surface area (Å²) in [6.07, 6.45) is 3.10. The van der Waals surface area contributed by atoms with Gasteiger partial charge in [0.2, 0.25) is 12.1 Å². The second-order valence-corrected chi connectivity index (χ2v) is 9.67. The first kappa shape index (κ1) is 18.0. The molecule has 1 aromatic carbocycles. The normalized spacial score (nSPS) is 45.7. The number of benzene rings is 1. The molecular weight excluding hydrogens is 364 g/mol. The molecule has 2 bridgehead atoms. The Morgan fingerprint density at radius 2 is 1.93 bits per heavy atom. The van der Waals surface area contributed by atoms with Crippen LogP contribution in [-0.2, 0) is 24.0 Å². The van der Waals surface area contributed by atoms with Gasteiger partial charge in [0.25, 0.3) is 0 Å². The van der Waals surface area contributed by atoms with Crippen LogP contribution in [0.2, 0.25) is 0 Å². The lowest BCUT2D eigenvalue weighted by Crippen LogP contribution is -2.70. The minimum absolute atomic E-state index is 0.0591. The minimum atomic E-state index is -0.830. The van der Waals surface area contributed by atoms with Gasteiger partial charge in [-0.05, 0) is 44.2 Å². The molecule has 4 saturated heterocycles. The predicted molar refractivity (Wildman–Crippen MR) is 99.5 cm³/mol. The van der Waals surface area contributed by atoms with Gasteiger partial charge in [0.15, 0.2) is 5.60 Å². The maximum absolute atomic E-state index is 12.9. The molecule has 27 heavy (non-hydrogen) atoms. The molecule has 1 aliphatic carbocycles. The van der Waals surface area contributed by atoms with Crippen molar-refractivity contribution in [3.8, 4) is 0 Å². The highest BCUT2D eigenvalue weighted by Crippen LogP contribution is 2.60. The Kier molecular flexibility index (Phi) is 4.31. The van der Waals surface area contributed by atoms with Crippen molar-refractivity contribution in [2.45, 2.75) is 62.1 Å². The van der Waals surface area contributed by atoms with Gasteiger partial charge in [-0.3, -0.25) is 4.79 Å². The van der Waals surface area contributed by atoms with Crippen LogP contribution in [-0.4, -0.2) is 29.4 Å². The molecule has 5 fully saturated rings. The SMILES string of the molecule is C[C@@H]1CC[C@H]2C(CSc3ccccc3)C(=O)O[C@@H]3O[C@]4(C)CC[C@@H]1[C@]32OO4. The number of ether oxygens (including phenoxy) is 2. The molecule has 0 amide bonds. The van der Waals surface area contributed by atoms with Crippen molar-refractivity contribution < 1.29 is 24.0 Å². The molecule has 5 aliphatic rings. The summed E-state index contributed by atoms with van der Waals surface area (Å²) >= 11 is 1.70. The van der Waals surface area contributed by atoms with Gasteiger partial charge in [0.05, 0.1) is 5.92 Å². The highest BCUT2D eigenvalue weighted by atomic mass is 32.2. The molecule has 4 aliphatic heterocycles. The van der Waals surface area contributed by atoms with Gasteiger partial charge in [-0.15, -0.1) is 11.8 Å². The van der Waals surface area contributed by atoms with Crippen LogP contribution in [0.4, 0.5) is 0 Å². The third kappa shape index (κ3) is 2.76. The van der Waals surface area contributed by atoms with Crippen molar-refractivity contribution in [2.75, 3.05) is 5.75 Å². The summed E-state index contributed by atoms with van der Waals surface area (Å²) in [5, 5.41) is 0. The molecule has 146 valence electrons. The maximum atomic E-state index is 12.9. The molecule has 1 spiro atoms. The number of hydrogen-bond acceptors (Lipinski definition) is 6. The fourth-order valence-corrected chi connectivity index (χ4v) is 6.59. The molecule has 1 aromatic rings. The highest BCUT2D eigenvalue weighted by Gasteiger charge is 2.70. The number of rotatable bonds is 3. The monoisotopic (exact) mass is 390 g/mol. The number of hydrogen-bond donors (Lipinski definition) is 0. The molecule has 6 heteroatoms. The first-order valence-corrected chi connectivity index (χ1v) is 10.9. The van der Waals surface area contributed by atoms with E-state index < -0.39 is 17.7 Å². The quantitative estimate of drug-likeness (QED) is 0.439. The average molecular weight is 391 g/mol. The summed E-state index contributed by atoms with van der Waals surface area (Å²) in [5.41, 5.74) is -0.677. The van der Waals surface area contributed by atoms with Crippen molar-refractivity contribution in [2.24, 2.45) is 23.7 Å². The first-order valence-electron chi connectivity index (χ1n) is 9.95. The van der Waals surface area contributed by atoms with Crippen LogP contribution in [0.25, 0.3) is 0 Å². The van der Waals surface area contributed by atoms with Gasteiger partial charge < -0.3 is 9.47 Å². The molecule has 0 aromatic heterocycles. The Labute approximate surface area is 164 Å². The van der Waals surface area contributed by atoms with Crippen LogP contribution >= 0.6 is 11.8 Å². The zero-order chi connectivity index (χ0) is 18.6. The standard InChI is InChI=1S/C21H26O5S/c1-13-8-9-17-15(12-27-14-6-4-3-5-7-14)18(22)23-19-21(17)16(13)10-11-20(2,24-19)25-26-21/h3-7,13,15-17,19H,8-12H2,1-2H3/t13-,15?,16+,17+,19-,20+,21-/m1/s1. The van der Waals surface area contributed by atoms with E-state index in [-0.39, 0.29) is 23.7 Å². The zero-order valence-corrected chi connectivity index (χ0v) is 16.6. The van der Waals surface area contributed by atoms with Gasteiger partial charge in [-0.1, -0.05) is 25.1 Å². The fourth-order valence-electron chi connectivity index (χ4n) is 5.50. The van der Waals surface area contributed by atoms with E-state index in [1.807, 2.05) is 25.1 Å². The molecule has 7 atom stereocenters. The van der Waals surface area contributed by atoms with E-state index >= 15 is 0 Å². The first-order chi connectivity index (χ1) is 13.0. The maximum Gasteiger partial charge on any atom is 0.312 e. The van der Waals surface area contributed by atoms with E-state index in [2.05, 4.69) is 19.1 Å². The van der Waals surface area contributed by atoms with Crippen molar-refractivity contribution >= 4 is 17.7 Å². The molecule has 4 heterocycles. The lowest BCUT2D eigenvalue weighted by Gasteiger charge is -2.58. The number of fused-ring (bicyclic) bond motifs is 2. The van der Waals surface area contributed by atoms with Gasteiger partial charge in [-0.25, -0.2) is 9.78 Å². The largest absolute Gasteiger partial charge is 0.432 e. The van der Waals surface area contributed by atoms with E-state index in [9.17, 15) is 4.79 Å². The number of thioether (sulfide) groups is 1. The summed E-state index contributed by atoms with van der Waals surface area (Å²) in [6.45, 7) is 4.16. The van der Waals surface area contributed by atoms with E-state index in [1.165, 1.54) is 0 Å². The molecule has 0 radical (unpaired) electrons. The van der Waals surface area contributed by atoms with E-state index in [4.69, 9.17) is 19.2 Å². The number of carbonyl (C=O) groups is 1. The topological polar surface area (TPSA) is 54.0 Å². The fraction of sp³-hybridized carbons (Fsp3) is 0.667. The van der Waals surface area contributed by atoms with Crippen LogP contribution < -0.4 is 0 Å². The summed E-state index contributed by atoms with van der Waals surface area (Å²) in [5.74, 6) is 0.318. The molecular formula is C21H26O5S. The van der Waals surface area contributed by atoms with Crippen molar-refractivity contribution in [1.29, 1.82) is 0 Å². The smallest absolute Gasteiger partial charge is 0.312 e. The molecule has 6 rings (SSSR count). The Hall–Kier alpha value is -1.08. The second-order valence-electron chi connectivity index (χ2n) is 8.58. The van der Waals surface area contributed by atoms with Crippen molar-refractivity contribution in [3.63, 3.8) is 0 Å².